The summed E-state index contributed by atoms with van der Waals surface area (Å²) in [5.74, 6) is -0.363. The smallest absolute Gasteiger partial charge is 0.409 e. The fraction of sp³-hybridized carbons (Fsp3) is 0.722. The van der Waals surface area contributed by atoms with E-state index in [9.17, 15) is 14.7 Å². The minimum atomic E-state index is -1.01. The van der Waals surface area contributed by atoms with E-state index < -0.39 is 17.9 Å². The molecule has 0 aliphatic carbocycles. The molecule has 1 saturated heterocycles. The molecular formula is C18H30N4O5. The van der Waals surface area contributed by atoms with Crippen LogP contribution < -0.4 is 5.32 Å². The van der Waals surface area contributed by atoms with E-state index in [2.05, 4.69) is 17.2 Å². The van der Waals surface area contributed by atoms with Crippen LogP contribution in [0.1, 0.15) is 39.3 Å². The zero-order chi connectivity index (χ0) is 20.0. The van der Waals surface area contributed by atoms with Crippen molar-refractivity contribution in [2.45, 2.75) is 64.4 Å². The molecule has 0 spiro atoms. The molecule has 2 atom stereocenters. The highest BCUT2D eigenvalue weighted by molar-refractivity contribution is 5.76. The lowest BCUT2D eigenvalue weighted by atomic mass is 10.1. The van der Waals surface area contributed by atoms with Crippen LogP contribution in [0.5, 0.6) is 0 Å². The number of ether oxygens (including phenoxy) is 2. The average molecular weight is 382 g/mol. The van der Waals surface area contributed by atoms with Gasteiger partial charge in [-0.1, -0.05) is 6.92 Å². The van der Waals surface area contributed by atoms with Crippen LogP contribution in [0.3, 0.4) is 0 Å². The second-order valence-electron chi connectivity index (χ2n) is 7.19. The van der Waals surface area contributed by atoms with Gasteiger partial charge in [0.15, 0.2) is 0 Å². The summed E-state index contributed by atoms with van der Waals surface area (Å²) in [4.78, 5) is 29.3. The zero-order valence-corrected chi connectivity index (χ0v) is 16.5. The molecule has 0 bridgehead atoms. The molecule has 1 aliphatic rings. The van der Waals surface area contributed by atoms with Gasteiger partial charge in [0, 0.05) is 19.2 Å². The van der Waals surface area contributed by atoms with Gasteiger partial charge in [0.25, 0.3) is 0 Å². The highest BCUT2D eigenvalue weighted by atomic mass is 16.5. The maximum atomic E-state index is 12.1. The van der Waals surface area contributed by atoms with Crippen LogP contribution in [0.15, 0.2) is 12.5 Å². The summed E-state index contributed by atoms with van der Waals surface area (Å²) in [7, 11) is 1.35. The summed E-state index contributed by atoms with van der Waals surface area (Å²) in [6, 6.07) is -0.791. The van der Waals surface area contributed by atoms with E-state index in [1.165, 1.54) is 12.0 Å². The lowest BCUT2D eigenvalue weighted by Crippen LogP contribution is -2.48. The number of carbonyl (C=O) groups excluding carboxylic acids is 1. The third-order valence-electron chi connectivity index (χ3n) is 4.72. The highest BCUT2D eigenvalue weighted by Gasteiger charge is 2.43. The fourth-order valence-electron chi connectivity index (χ4n) is 3.39. The number of imidazole rings is 1. The number of esters is 1. The first-order chi connectivity index (χ1) is 12.8. The van der Waals surface area contributed by atoms with Crippen LogP contribution in [0.25, 0.3) is 0 Å². The van der Waals surface area contributed by atoms with Crippen LogP contribution in [0.4, 0.5) is 4.79 Å². The quantitative estimate of drug-likeness (QED) is 0.623. The van der Waals surface area contributed by atoms with E-state index in [0.717, 1.165) is 18.7 Å². The van der Waals surface area contributed by atoms with Crippen LogP contribution >= 0.6 is 0 Å². The first-order valence-electron chi connectivity index (χ1n) is 9.26. The lowest BCUT2D eigenvalue weighted by Gasteiger charge is -2.31. The molecule has 152 valence electrons. The van der Waals surface area contributed by atoms with Crippen LogP contribution in [-0.4, -0.2) is 69.7 Å². The van der Waals surface area contributed by atoms with Gasteiger partial charge in [-0.3, -0.25) is 9.69 Å². The molecule has 1 aliphatic heterocycles. The average Bonchev–Trinajstić information content (AvgIpc) is 3.17. The van der Waals surface area contributed by atoms with Gasteiger partial charge in [0.1, 0.15) is 11.8 Å². The second-order valence-corrected chi connectivity index (χ2v) is 7.19. The Morgan fingerprint density at radius 3 is 2.89 bits per heavy atom. The van der Waals surface area contributed by atoms with Gasteiger partial charge < -0.3 is 24.5 Å². The summed E-state index contributed by atoms with van der Waals surface area (Å²) >= 11 is 0. The molecule has 0 aromatic carbocycles. The van der Waals surface area contributed by atoms with Crippen molar-refractivity contribution in [1.82, 2.24) is 19.8 Å². The largest absolute Gasteiger partial charge is 0.468 e. The molecule has 1 aromatic heterocycles. The van der Waals surface area contributed by atoms with Crippen molar-refractivity contribution >= 4 is 12.1 Å². The van der Waals surface area contributed by atoms with Gasteiger partial charge in [-0.15, -0.1) is 0 Å². The van der Waals surface area contributed by atoms with Gasteiger partial charge in [0.05, 0.1) is 31.8 Å². The van der Waals surface area contributed by atoms with E-state index >= 15 is 0 Å². The van der Waals surface area contributed by atoms with Gasteiger partial charge in [-0.05, 0) is 33.2 Å². The zero-order valence-electron chi connectivity index (χ0n) is 16.5. The molecule has 9 heteroatoms. The molecule has 1 aromatic rings. The Balaban J connectivity index is 1.92. The maximum absolute atomic E-state index is 12.1. The molecular weight excluding hydrogens is 352 g/mol. The molecule has 2 N–H and O–H groups in total. The van der Waals surface area contributed by atoms with Crippen molar-refractivity contribution in [3.63, 3.8) is 0 Å². The topological polar surface area (TPSA) is 106 Å². The van der Waals surface area contributed by atoms with Gasteiger partial charge in [-0.25, -0.2) is 9.78 Å². The van der Waals surface area contributed by atoms with E-state index in [0.29, 0.717) is 26.0 Å². The Labute approximate surface area is 159 Å². The standard InChI is InChI=1S/C18H30N4O5/c1-5-8-21-10-13(20-12-21)9-15(16(23)26-4)19-7-6-14-11-27-18(2,3)22(14)17(24)25/h10,12,14-15,19H,5-9,11H2,1-4H3,(H,24,25)/t14-,15-/m0/s1. The highest BCUT2D eigenvalue weighted by Crippen LogP contribution is 2.28. The number of carbonyl (C=O) groups is 2. The van der Waals surface area contributed by atoms with E-state index in [1.807, 2.05) is 10.8 Å². The number of aromatic nitrogens is 2. The number of rotatable bonds is 9. The third kappa shape index (κ3) is 5.43. The number of hydrogen-bond acceptors (Lipinski definition) is 6. The van der Waals surface area contributed by atoms with Crippen molar-refractivity contribution in [1.29, 1.82) is 0 Å². The number of nitrogens with zero attached hydrogens (tertiary/aromatic N) is 3. The van der Waals surface area contributed by atoms with E-state index in [-0.39, 0.29) is 12.0 Å². The van der Waals surface area contributed by atoms with Gasteiger partial charge in [-0.2, -0.15) is 0 Å². The third-order valence-corrected chi connectivity index (χ3v) is 4.72. The SMILES string of the molecule is CCCn1cnc(C[C@H](NCC[C@H]2COC(C)(C)N2C(=O)O)C(=O)OC)c1. The Bertz CT molecular complexity index is 645. The molecule has 1 amide bonds. The number of methoxy groups -OCH3 is 1. The normalized spacial score (nSPS) is 19.9. The molecule has 9 nitrogen and oxygen atoms in total. The summed E-state index contributed by atoms with van der Waals surface area (Å²) < 4.78 is 12.5. The molecule has 27 heavy (non-hydrogen) atoms. The molecule has 2 rings (SSSR count). The van der Waals surface area contributed by atoms with Crippen molar-refractivity contribution in [3.05, 3.63) is 18.2 Å². The molecule has 0 saturated carbocycles. The molecule has 0 unspecified atom stereocenters. The van der Waals surface area contributed by atoms with E-state index in [4.69, 9.17) is 9.47 Å². The van der Waals surface area contributed by atoms with Gasteiger partial charge in [0.2, 0.25) is 0 Å². The van der Waals surface area contributed by atoms with Crippen molar-refractivity contribution < 1.29 is 24.2 Å². The van der Waals surface area contributed by atoms with Crippen molar-refractivity contribution in [3.8, 4) is 0 Å². The predicted octanol–water partition coefficient (Wildman–Crippen LogP) is 1.47. The number of hydrogen-bond donors (Lipinski definition) is 2. The Morgan fingerprint density at radius 2 is 2.26 bits per heavy atom. The van der Waals surface area contributed by atoms with Crippen molar-refractivity contribution in [2.75, 3.05) is 20.3 Å². The van der Waals surface area contributed by atoms with Gasteiger partial charge >= 0.3 is 12.1 Å². The van der Waals surface area contributed by atoms with Crippen LogP contribution in [0, 0.1) is 0 Å². The fourth-order valence-corrected chi connectivity index (χ4v) is 3.39. The maximum Gasteiger partial charge on any atom is 0.409 e. The predicted molar refractivity (Wildman–Crippen MR) is 98.3 cm³/mol. The Morgan fingerprint density at radius 1 is 1.52 bits per heavy atom. The summed E-state index contributed by atoms with van der Waals surface area (Å²) in [5, 5.41) is 12.6. The molecule has 1 fully saturated rings. The van der Waals surface area contributed by atoms with Crippen LogP contribution in [-0.2, 0) is 27.2 Å². The summed E-state index contributed by atoms with van der Waals surface area (Å²) in [5.41, 5.74) is -0.0338. The number of aryl methyl sites for hydroxylation is 1. The molecule has 0 radical (unpaired) electrons. The Kier molecular flexibility index (Phi) is 7.20. The number of nitrogens with one attached hydrogen (secondary N) is 1. The summed E-state index contributed by atoms with van der Waals surface area (Å²) in [6.07, 6.45) is 4.64. The first kappa shape index (κ1) is 21.2. The number of amides is 1. The Hall–Kier alpha value is -2.13. The summed E-state index contributed by atoms with van der Waals surface area (Å²) in [6.45, 7) is 7.24. The molecule has 2 heterocycles. The monoisotopic (exact) mass is 382 g/mol. The minimum Gasteiger partial charge on any atom is -0.468 e. The lowest BCUT2D eigenvalue weighted by molar-refractivity contribution is -0.143. The minimum absolute atomic E-state index is 0.257. The number of carboxylic acid groups (broad SMARTS) is 1. The van der Waals surface area contributed by atoms with E-state index in [1.54, 1.807) is 20.2 Å². The first-order valence-corrected chi connectivity index (χ1v) is 9.26. The van der Waals surface area contributed by atoms with Crippen LogP contribution in [0.2, 0.25) is 0 Å². The van der Waals surface area contributed by atoms with Crippen molar-refractivity contribution in [2.24, 2.45) is 0 Å². The second kappa shape index (κ2) is 9.18.